The Hall–Kier alpha value is -1.23. The molecule has 0 saturated heterocycles. The van der Waals surface area contributed by atoms with Gasteiger partial charge in [-0.05, 0) is 31.7 Å². The van der Waals surface area contributed by atoms with Crippen LogP contribution in [0.4, 0.5) is 0 Å². The summed E-state index contributed by atoms with van der Waals surface area (Å²) >= 11 is 6.08. The Morgan fingerprint density at radius 3 is 2.86 bits per heavy atom. The number of furan rings is 1. The number of fused-ring (bicyclic) bond motifs is 1. The molecule has 3 N–H and O–H groups in total. The first kappa shape index (κ1) is 16.1. The lowest BCUT2D eigenvalue weighted by Crippen LogP contribution is -2.38. The largest absolute Gasteiger partial charge is 0.449 e. The van der Waals surface area contributed by atoms with Crippen LogP contribution in [0.1, 0.15) is 29.0 Å². The summed E-state index contributed by atoms with van der Waals surface area (Å²) < 4.78 is 5.61. The molecule has 2 aromatic rings. The summed E-state index contributed by atoms with van der Waals surface area (Å²) in [6, 6.07) is 5.52. The van der Waals surface area contributed by atoms with Gasteiger partial charge in [0.15, 0.2) is 11.3 Å². The second-order valence-electron chi connectivity index (χ2n) is 5.38. The van der Waals surface area contributed by atoms with Crippen LogP contribution in [0, 0.1) is 12.8 Å². The van der Waals surface area contributed by atoms with E-state index in [2.05, 4.69) is 5.32 Å². The van der Waals surface area contributed by atoms with Crippen molar-refractivity contribution in [2.75, 3.05) is 6.54 Å². The van der Waals surface area contributed by atoms with E-state index in [4.69, 9.17) is 21.8 Å². The molecule has 1 aromatic carbocycles. The summed E-state index contributed by atoms with van der Waals surface area (Å²) in [5.41, 5.74) is 7.34. The Kier molecular flexibility index (Phi) is 4.81. The molecule has 3 rings (SSSR count). The van der Waals surface area contributed by atoms with Crippen LogP contribution in [0.5, 0.6) is 0 Å². The number of carbonyl (C=O) groups excluding carboxylic acids is 1. The number of nitrogens with two attached hydrogens (primary N) is 1. The average Bonchev–Trinajstić information content (AvgIpc) is 3.22. The fourth-order valence-electron chi connectivity index (χ4n) is 2.41. The van der Waals surface area contributed by atoms with Crippen LogP contribution in [0.2, 0.25) is 5.02 Å². The number of aryl methyl sites for hydroxylation is 1. The van der Waals surface area contributed by atoms with Crippen LogP contribution in [-0.4, -0.2) is 18.5 Å². The minimum absolute atomic E-state index is 0. The minimum Gasteiger partial charge on any atom is -0.449 e. The normalized spacial score (nSPS) is 15.6. The van der Waals surface area contributed by atoms with Crippen molar-refractivity contribution < 1.29 is 9.21 Å². The van der Waals surface area contributed by atoms with Crippen molar-refractivity contribution in [1.29, 1.82) is 0 Å². The Morgan fingerprint density at radius 1 is 1.52 bits per heavy atom. The van der Waals surface area contributed by atoms with Crippen LogP contribution in [0.25, 0.3) is 11.0 Å². The first-order valence-corrected chi connectivity index (χ1v) is 7.17. The van der Waals surface area contributed by atoms with Crippen molar-refractivity contribution >= 4 is 40.9 Å². The predicted octanol–water partition coefficient (Wildman–Crippen LogP) is 3.28. The van der Waals surface area contributed by atoms with Gasteiger partial charge in [-0.3, -0.25) is 4.79 Å². The van der Waals surface area contributed by atoms with Crippen molar-refractivity contribution in [3.05, 3.63) is 34.5 Å². The third kappa shape index (κ3) is 3.18. The van der Waals surface area contributed by atoms with Crippen molar-refractivity contribution in [3.63, 3.8) is 0 Å². The van der Waals surface area contributed by atoms with Gasteiger partial charge in [0, 0.05) is 23.5 Å². The summed E-state index contributed by atoms with van der Waals surface area (Å²) in [5, 5.41) is 4.22. The molecular weight excluding hydrogens is 311 g/mol. The number of hydrogen-bond acceptors (Lipinski definition) is 3. The van der Waals surface area contributed by atoms with E-state index in [0.717, 1.165) is 23.8 Å². The van der Waals surface area contributed by atoms with Gasteiger partial charge in [0.05, 0.1) is 5.02 Å². The molecule has 0 spiro atoms. The number of hydrogen-bond donors (Lipinski definition) is 2. The summed E-state index contributed by atoms with van der Waals surface area (Å²) in [6.45, 7) is 2.34. The second-order valence-corrected chi connectivity index (χ2v) is 5.79. The smallest absolute Gasteiger partial charge is 0.287 e. The molecule has 0 aliphatic heterocycles. The van der Waals surface area contributed by atoms with Crippen molar-refractivity contribution in [3.8, 4) is 0 Å². The summed E-state index contributed by atoms with van der Waals surface area (Å²) in [7, 11) is 0. The Labute approximate surface area is 134 Å². The molecule has 1 aromatic heterocycles. The third-order valence-electron chi connectivity index (χ3n) is 3.85. The van der Waals surface area contributed by atoms with Crippen molar-refractivity contribution in [2.24, 2.45) is 11.7 Å². The van der Waals surface area contributed by atoms with Crippen LogP contribution < -0.4 is 11.1 Å². The van der Waals surface area contributed by atoms with Gasteiger partial charge in [-0.2, -0.15) is 0 Å². The Balaban J connectivity index is 0.00000161. The van der Waals surface area contributed by atoms with E-state index in [9.17, 15) is 4.79 Å². The van der Waals surface area contributed by atoms with E-state index in [1.807, 2.05) is 19.1 Å². The molecular formula is C15H18Cl2N2O2. The topological polar surface area (TPSA) is 68.3 Å². The zero-order chi connectivity index (χ0) is 14.3. The van der Waals surface area contributed by atoms with Crippen molar-refractivity contribution in [1.82, 2.24) is 5.32 Å². The van der Waals surface area contributed by atoms with Gasteiger partial charge in [-0.25, -0.2) is 0 Å². The summed E-state index contributed by atoms with van der Waals surface area (Å²) in [5.74, 6) is 0.642. The number of benzene rings is 1. The van der Waals surface area contributed by atoms with Gasteiger partial charge in [0.1, 0.15) is 0 Å². The number of nitrogens with one attached hydrogen (secondary N) is 1. The summed E-state index contributed by atoms with van der Waals surface area (Å²) in [6.07, 6.45) is 2.33. The highest BCUT2D eigenvalue weighted by molar-refractivity contribution is 6.35. The molecule has 0 bridgehead atoms. The number of para-hydroxylation sites is 1. The molecule has 1 fully saturated rings. The van der Waals surface area contributed by atoms with Gasteiger partial charge in [0.2, 0.25) is 0 Å². The lowest BCUT2D eigenvalue weighted by atomic mass is 10.1. The molecule has 6 heteroatoms. The third-order valence-corrected chi connectivity index (χ3v) is 4.15. The minimum atomic E-state index is -0.231. The molecule has 114 valence electrons. The summed E-state index contributed by atoms with van der Waals surface area (Å²) in [4.78, 5) is 12.2. The zero-order valence-electron chi connectivity index (χ0n) is 11.7. The predicted molar refractivity (Wildman–Crippen MR) is 86.2 cm³/mol. The van der Waals surface area contributed by atoms with Crippen LogP contribution >= 0.6 is 24.0 Å². The maximum absolute atomic E-state index is 12.2. The molecule has 21 heavy (non-hydrogen) atoms. The monoisotopic (exact) mass is 328 g/mol. The lowest BCUT2D eigenvalue weighted by Gasteiger charge is -2.10. The van der Waals surface area contributed by atoms with E-state index in [0.29, 0.717) is 28.8 Å². The molecule has 0 radical (unpaired) electrons. The van der Waals surface area contributed by atoms with Gasteiger partial charge in [-0.15, -0.1) is 12.4 Å². The standard InChI is InChI=1S/C15H17ClN2O2.ClH/c1-8-10-3-2-4-11(16)14(10)20-13(8)15(19)18-7-12(17)9-5-6-9;/h2-4,9,12H,5-7,17H2,1H3,(H,18,19);1H. The molecule has 1 aliphatic rings. The molecule has 1 amide bonds. The highest BCUT2D eigenvalue weighted by atomic mass is 35.5. The lowest BCUT2D eigenvalue weighted by molar-refractivity contribution is 0.0924. The second kappa shape index (κ2) is 6.26. The molecule has 1 heterocycles. The Bertz CT molecular complexity index is 665. The molecule has 1 unspecified atom stereocenters. The number of halogens is 2. The maximum atomic E-state index is 12.2. The molecule has 1 saturated carbocycles. The maximum Gasteiger partial charge on any atom is 0.287 e. The first-order chi connectivity index (χ1) is 9.58. The molecule has 1 atom stereocenters. The average molecular weight is 329 g/mol. The fourth-order valence-corrected chi connectivity index (χ4v) is 2.62. The van der Waals surface area contributed by atoms with Crippen molar-refractivity contribution in [2.45, 2.75) is 25.8 Å². The van der Waals surface area contributed by atoms with Crippen LogP contribution in [0.15, 0.2) is 22.6 Å². The van der Waals surface area contributed by atoms with Gasteiger partial charge in [0.25, 0.3) is 5.91 Å². The van der Waals surface area contributed by atoms with Gasteiger partial charge in [-0.1, -0.05) is 23.7 Å². The van der Waals surface area contributed by atoms with E-state index in [1.165, 1.54) is 0 Å². The fraction of sp³-hybridized carbons (Fsp3) is 0.400. The zero-order valence-corrected chi connectivity index (χ0v) is 13.3. The van der Waals surface area contributed by atoms with E-state index in [-0.39, 0.29) is 24.4 Å². The first-order valence-electron chi connectivity index (χ1n) is 6.79. The van der Waals surface area contributed by atoms with E-state index in [1.54, 1.807) is 6.07 Å². The quantitative estimate of drug-likeness (QED) is 0.904. The van der Waals surface area contributed by atoms with Crippen LogP contribution in [-0.2, 0) is 0 Å². The SMILES string of the molecule is Cc1c(C(=O)NCC(N)C2CC2)oc2c(Cl)cccc12.Cl. The molecule has 1 aliphatic carbocycles. The highest BCUT2D eigenvalue weighted by Gasteiger charge is 2.29. The number of carbonyl (C=O) groups is 1. The van der Waals surface area contributed by atoms with E-state index >= 15 is 0 Å². The van der Waals surface area contributed by atoms with E-state index < -0.39 is 0 Å². The van der Waals surface area contributed by atoms with Crippen LogP contribution in [0.3, 0.4) is 0 Å². The molecule has 4 nitrogen and oxygen atoms in total. The van der Waals surface area contributed by atoms with Gasteiger partial charge >= 0.3 is 0 Å². The Morgan fingerprint density at radius 2 is 2.24 bits per heavy atom. The number of amides is 1. The number of rotatable bonds is 4. The van der Waals surface area contributed by atoms with Gasteiger partial charge < -0.3 is 15.5 Å². The highest BCUT2D eigenvalue weighted by Crippen LogP contribution is 2.32.